The topological polar surface area (TPSA) is 75.6 Å². The van der Waals surface area contributed by atoms with Crippen LogP contribution in [0.5, 0.6) is 0 Å². The molecule has 0 radical (unpaired) electrons. The summed E-state index contributed by atoms with van der Waals surface area (Å²) < 4.78 is 2.07. The van der Waals surface area contributed by atoms with E-state index in [-0.39, 0.29) is 5.15 Å². The summed E-state index contributed by atoms with van der Waals surface area (Å²) in [7, 11) is 0. The fourth-order valence-corrected chi connectivity index (χ4v) is 3.24. The average Bonchev–Trinajstić information content (AvgIpc) is 2.96. The Morgan fingerprint density at radius 3 is 2.62 bits per heavy atom. The number of aryl methyl sites for hydroxylation is 1. The molecule has 3 aromatic rings. The van der Waals surface area contributed by atoms with Crippen molar-refractivity contribution in [2.45, 2.75) is 39.8 Å². The molecule has 3 rings (SSSR count). The van der Waals surface area contributed by atoms with E-state index in [4.69, 9.17) is 16.7 Å². The number of halogens is 1. The molecule has 0 saturated heterocycles. The van der Waals surface area contributed by atoms with Crippen molar-refractivity contribution in [2.75, 3.05) is 5.32 Å². The normalized spacial score (nSPS) is 10.9. The lowest BCUT2D eigenvalue weighted by molar-refractivity contribution is 0.639. The molecule has 6 nitrogen and oxygen atoms in total. The van der Waals surface area contributed by atoms with Gasteiger partial charge in [0.1, 0.15) is 11.0 Å². The van der Waals surface area contributed by atoms with Crippen LogP contribution in [0, 0.1) is 0 Å². The summed E-state index contributed by atoms with van der Waals surface area (Å²) >= 11 is 5.89. The van der Waals surface area contributed by atoms with Gasteiger partial charge in [0.25, 0.3) is 0 Å². The molecule has 2 aromatic heterocycles. The number of nitrogens with zero attached hydrogens (tertiary/aromatic N) is 3. The molecular weight excluding hydrogens is 350 g/mol. The summed E-state index contributed by atoms with van der Waals surface area (Å²) in [5, 5.41) is 8.27. The summed E-state index contributed by atoms with van der Waals surface area (Å²) in [6.07, 6.45) is 1.72. The van der Waals surface area contributed by atoms with Crippen molar-refractivity contribution in [2.24, 2.45) is 0 Å². The molecule has 0 aliphatic carbocycles. The fourth-order valence-electron chi connectivity index (χ4n) is 3.06. The molecule has 0 aliphatic heterocycles. The van der Waals surface area contributed by atoms with Crippen LogP contribution in [0.25, 0.3) is 0 Å². The van der Waals surface area contributed by atoms with Gasteiger partial charge >= 0.3 is 5.69 Å². The number of rotatable bonds is 7. The quantitative estimate of drug-likeness (QED) is 0.624. The van der Waals surface area contributed by atoms with Gasteiger partial charge in [0.15, 0.2) is 0 Å². The van der Waals surface area contributed by atoms with Gasteiger partial charge in [-0.3, -0.25) is 9.67 Å². The minimum Gasteiger partial charge on any atom is -0.366 e. The zero-order chi connectivity index (χ0) is 18.5. The van der Waals surface area contributed by atoms with Crippen LogP contribution < -0.4 is 11.0 Å². The predicted molar refractivity (Wildman–Crippen MR) is 104 cm³/mol. The Hall–Kier alpha value is -2.60. The molecule has 0 saturated carbocycles. The molecule has 0 atom stereocenters. The number of hydrogen-bond acceptors (Lipinski definition) is 4. The lowest BCUT2D eigenvalue weighted by Gasteiger charge is -2.10. The molecule has 0 unspecified atom stereocenters. The van der Waals surface area contributed by atoms with Gasteiger partial charge in [-0.05, 0) is 18.4 Å². The summed E-state index contributed by atoms with van der Waals surface area (Å²) in [4.78, 5) is 17.8. The van der Waals surface area contributed by atoms with Gasteiger partial charge in [-0.2, -0.15) is 10.1 Å². The Bertz CT molecular complexity index is 933. The summed E-state index contributed by atoms with van der Waals surface area (Å²) in [5.41, 5.74) is 4.15. The first-order chi connectivity index (χ1) is 12.6. The second kappa shape index (κ2) is 8.19. The summed E-state index contributed by atoms with van der Waals surface area (Å²) in [5.74, 6) is 0.457. The van der Waals surface area contributed by atoms with Crippen LogP contribution in [0.3, 0.4) is 0 Å². The molecule has 1 aromatic carbocycles. The molecule has 2 heterocycles. The second-order valence-electron chi connectivity index (χ2n) is 6.00. The van der Waals surface area contributed by atoms with Crippen LogP contribution >= 0.6 is 11.6 Å². The third-order valence-corrected chi connectivity index (χ3v) is 4.46. The first-order valence-electron chi connectivity index (χ1n) is 8.72. The Morgan fingerprint density at radius 1 is 1.19 bits per heavy atom. The molecule has 0 spiro atoms. The maximum absolute atomic E-state index is 11.5. The molecule has 2 N–H and O–H groups in total. The Labute approximate surface area is 157 Å². The van der Waals surface area contributed by atoms with Gasteiger partial charge in [-0.15, -0.1) is 0 Å². The Kier molecular flexibility index (Phi) is 5.73. The van der Waals surface area contributed by atoms with Gasteiger partial charge in [0.05, 0.1) is 12.2 Å². The van der Waals surface area contributed by atoms with E-state index >= 15 is 0 Å². The minimum absolute atomic E-state index is 0.263. The maximum atomic E-state index is 11.5. The van der Waals surface area contributed by atoms with E-state index in [1.54, 1.807) is 6.07 Å². The molecular formula is C19H22ClN5O. The molecule has 0 aliphatic rings. The van der Waals surface area contributed by atoms with Crippen LogP contribution in [0.1, 0.15) is 36.4 Å². The van der Waals surface area contributed by atoms with E-state index in [0.717, 1.165) is 30.6 Å². The highest BCUT2D eigenvalue weighted by Crippen LogP contribution is 2.19. The van der Waals surface area contributed by atoms with Crippen molar-refractivity contribution in [1.29, 1.82) is 0 Å². The first kappa shape index (κ1) is 18.2. The third kappa shape index (κ3) is 4.14. The predicted octanol–water partition coefficient (Wildman–Crippen LogP) is 3.41. The van der Waals surface area contributed by atoms with Crippen LogP contribution in [-0.4, -0.2) is 19.7 Å². The van der Waals surface area contributed by atoms with Crippen molar-refractivity contribution in [3.05, 3.63) is 74.6 Å². The first-order valence-corrected chi connectivity index (χ1v) is 9.10. The summed E-state index contributed by atoms with van der Waals surface area (Å²) in [6.45, 7) is 5.52. The second-order valence-corrected chi connectivity index (χ2v) is 6.40. The van der Waals surface area contributed by atoms with Crippen LogP contribution in [-0.2, 0) is 25.9 Å². The van der Waals surface area contributed by atoms with Crippen LogP contribution in [0.15, 0.2) is 41.2 Å². The average molecular weight is 372 g/mol. The number of H-pyrrole nitrogens is 1. The number of benzene rings is 1. The fraction of sp³-hybridized carbons (Fsp3) is 0.316. The van der Waals surface area contributed by atoms with Gasteiger partial charge in [0.2, 0.25) is 0 Å². The Balaban J connectivity index is 1.86. The van der Waals surface area contributed by atoms with E-state index in [9.17, 15) is 4.79 Å². The number of anilines is 1. The van der Waals surface area contributed by atoms with Gasteiger partial charge in [-0.25, -0.2) is 4.79 Å². The van der Waals surface area contributed by atoms with Gasteiger partial charge in [-0.1, -0.05) is 55.8 Å². The highest BCUT2D eigenvalue weighted by molar-refractivity contribution is 6.29. The van der Waals surface area contributed by atoms with E-state index in [1.807, 2.05) is 18.2 Å². The zero-order valence-corrected chi connectivity index (χ0v) is 15.7. The minimum atomic E-state index is -0.466. The Morgan fingerprint density at radius 2 is 1.96 bits per heavy atom. The van der Waals surface area contributed by atoms with Crippen molar-refractivity contribution in [3.63, 3.8) is 0 Å². The van der Waals surface area contributed by atoms with Crippen LogP contribution in [0.4, 0.5) is 5.82 Å². The van der Waals surface area contributed by atoms with E-state index in [0.29, 0.717) is 12.4 Å². The van der Waals surface area contributed by atoms with Gasteiger partial charge in [0, 0.05) is 23.9 Å². The zero-order valence-electron chi connectivity index (χ0n) is 14.9. The van der Waals surface area contributed by atoms with E-state index in [1.165, 1.54) is 11.3 Å². The van der Waals surface area contributed by atoms with Crippen molar-refractivity contribution < 1.29 is 0 Å². The van der Waals surface area contributed by atoms with Gasteiger partial charge < -0.3 is 5.32 Å². The molecule has 0 fully saturated rings. The van der Waals surface area contributed by atoms with Crippen molar-refractivity contribution >= 4 is 17.4 Å². The third-order valence-electron chi connectivity index (χ3n) is 4.25. The highest BCUT2D eigenvalue weighted by Gasteiger charge is 2.16. The molecule has 7 heteroatoms. The lowest BCUT2D eigenvalue weighted by Crippen LogP contribution is -2.14. The smallest absolute Gasteiger partial charge is 0.347 e. The van der Waals surface area contributed by atoms with Crippen molar-refractivity contribution in [3.8, 4) is 0 Å². The number of aromatic amines is 1. The number of nitrogens with one attached hydrogen (secondary N) is 2. The largest absolute Gasteiger partial charge is 0.366 e. The van der Waals surface area contributed by atoms with E-state index < -0.39 is 5.69 Å². The summed E-state index contributed by atoms with van der Waals surface area (Å²) in [6, 6.07) is 11.9. The number of hydrogen-bond donors (Lipinski definition) is 2. The maximum Gasteiger partial charge on any atom is 0.347 e. The highest BCUT2D eigenvalue weighted by atomic mass is 35.5. The lowest BCUT2D eigenvalue weighted by atomic mass is 10.1. The molecule has 0 amide bonds. The number of aromatic nitrogens is 4. The van der Waals surface area contributed by atoms with Crippen LogP contribution in [0.2, 0.25) is 5.15 Å². The molecule has 26 heavy (non-hydrogen) atoms. The SMILES string of the molecule is CCc1nn(Cc2ccccc2)c(CC)c1CNc1cc(Cl)[nH]c(=O)n1. The van der Waals surface area contributed by atoms with E-state index in [2.05, 4.69) is 45.9 Å². The molecule has 136 valence electrons. The van der Waals surface area contributed by atoms with Crippen molar-refractivity contribution in [1.82, 2.24) is 19.7 Å². The standard InChI is InChI=1S/C19H22ClN5O/c1-3-15-14(11-21-18-10-17(20)22-19(26)23-18)16(4-2)25(24-15)12-13-8-6-5-7-9-13/h5-10H,3-4,11-12H2,1-2H3,(H2,21,22,23,26). The monoisotopic (exact) mass is 371 g/mol. The molecule has 0 bridgehead atoms.